The predicted octanol–water partition coefficient (Wildman–Crippen LogP) is 2.34. The van der Waals surface area contributed by atoms with Crippen molar-refractivity contribution < 1.29 is 9.90 Å². The van der Waals surface area contributed by atoms with E-state index in [-0.39, 0.29) is 22.8 Å². The van der Waals surface area contributed by atoms with Crippen LogP contribution >= 0.6 is 11.8 Å². The van der Waals surface area contributed by atoms with Crippen LogP contribution in [0.5, 0.6) is 5.75 Å². The topological polar surface area (TPSA) is 49.3 Å². The number of para-hydroxylation sites is 1. The molecule has 1 heterocycles. The molecular weight excluding hydrogens is 246 g/mol. The van der Waals surface area contributed by atoms with Gasteiger partial charge in [-0.1, -0.05) is 18.2 Å². The highest BCUT2D eigenvalue weighted by molar-refractivity contribution is 8.00. The number of benzene rings is 1. The summed E-state index contributed by atoms with van der Waals surface area (Å²) < 4.78 is 0.189. The van der Waals surface area contributed by atoms with E-state index >= 15 is 0 Å². The highest BCUT2D eigenvalue weighted by atomic mass is 32.2. The quantitative estimate of drug-likeness (QED) is 0.878. The van der Waals surface area contributed by atoms with Crippen molar-refractivity contribution in [2.24, 2.45) is 0 Å². The molecule has 0 radical (unpaired) electrons. The molecule has 1 aliphatic rings. The lowest BCUT2D eigenvalue weighted by Gasteiger charge is -2.22. The van der Waals surface area contributed by atoms with Crippen molar-refractivity contribution in [2.75, 3.05) is 12.3 Å². The fourth-order valence-electron chi connectivity index (χ4n) is 2.16. The molecule has 98 valence electrons. The number of amides is 1. The summed E-state index contributed by atoms with van der Waals surface area (Å²) in [6, 6.07) is 6.97. The van der Waals surface area contributed by atoms with Crippen molar-refractivity contribution >= 4 is 17.7 Å². The first-order valence-electron chi connectivity index (χ1n) is 6.27. The molecule has 4 heteroatoms. The van der Waals surface area contributed by atoms with Crippen LogP contribution in [0.25, 0.3) is 0 Å². The van der Waals surface area contributed by atoms with Gasteiger partial charge in [-0.2, -0.15) is 11.8 Å². The third-order valence-electron chi connectivity index (χ3n) is 3.30. The summed E-state index contributed by atoms with van der Waals surface area (Å²) in [7, 11) is 0. The van der Waals surface area contributed by atoms with E-state index < -0.39 is 0 Å². The summed E-state index contributed by atoms with van der Waals surface area (Å²) in [6.45, 7) is 2.91. The molecule has 0 aromatic heterocycles. The molecule has 1 amide bonds. The zero-order chi connectivity index (χ0) is 13.0. The third kappa shape index (κ3) is 3.42. The van der Waals surface area contributed by atoms with Gasteiger partial charge < -0.3 is 10.4 Å². The first-order valence-corrected chi connectivity index (χ1v) is 7.25. The van der Waals surface area contributed by atoms with Gasteiger partial charge in [-0.3, -0.25) is 4.79 Å². The van der Waals surface area contributed by atoms with Crippen LogP contribution < -0.4 is 5.32 Å². The highest BCUT2D eigenvalue weighted by Gasteiger charge is 2.29. The van der Waals surface area contributed by atoms with Crippen LogP contribution in [0.3, 0.4) is 0 Å². The van der Waals surface area contributed by atoms with E-state index in [0.29, 0.717) is 12.1 Å². The van der Waals surface area contributed by atoms with E-state index in [1.807, 2.05) is 17.8 Å². The summed E-state index contributed by atoms with van der Waals surface area (Å²) in [6.07, 6.45) is 2.64. The van der Waals surface area contributed by atoms with Crippen molar-refractivity contribution in [1.29, 1.82) is 0 Å². The van der Waals surface area contributed by atoms with Crippen molar-refractivity contribution in [3.8, 4) is 5.75 Å². The lowest BCUT2D eigenvalue weighted by atomic mass is 10.1. The number of hydrogen-bond acceptors (Lipinski definition) is 3. The second kappa shape index (κ2) is 5.65. The summed E-state index contributed by atoms with van der Waals surface area (Å²) in [5.41, 5.74) is 0.680. The smallest absolute Gasteiger partial charge is 0.224 e. The number of rotatable bonds is 4. The molecule has 18 heavy (non-hydrogen) atoms. The van der Waals surface area contributed by atoms with Crippen molar-refractivity contribution in [3.05, 3.63) is 29.8 Å². The number of phenols is 1. The van der Waals surface area contributed by atoms with Gasteiger partial charge >= 0.3 is 0 Å². The van der Waals surface area contributed by atoms with Crippen LogP contribution in [0.15, 0.2) is 24.3 Å². The van der Waals surface area contributed by atoms with E-state index in [2.05, 4.69) is 12.2 Å². The SMILES string of the molecule is C[C@@]1(CNC(=O)Cc2ccccc2O)CCCS1. The van der Waals surface area contributed by atoms with E-state index in [1.54, 1.807) is 18.2 Å². The minimum absolute atomic E-state index is 0.0229. The average Bonchev–Trinajstić information content (AvgIpc) is 2.77. The molecule has 1 aromatic rings. The van der Waals surface area contributed by atoms with Gasteiger partial charge in [-0.05, 0) is 31.6 Å². The van der Waals surface area contributed by atoms with Crippen LogP contribution in [-0.2, 0) is 11.2 Å². The Balaban J connectivity index is 1.84. The Morgan fingerprint density at radius 1 is 1.50 bits per heavy atom. The standard InChI is InChI=1S/C14H19NO2S/c1-14(7-4-8-18-14)10-15-13(17)9-11-5-2-3-6-12(11)16/h2-3,5-6,16H,4,7-10H2,1H3,(H,15,17)/t14-/m0/s1. The van der Waals surface area contributed by atoms with Crippen LogP contribution in [0.2, 0.25) is 0 Å². The molecule has 0 unspecified atom stereocenters. The monoisotopic (exact) mass is 265 g/mol. The average molecular weight is 265 g/mol. The minimum Gasteiger partial charge on any atom is -0.508 e. The molecule has 1 saturated heterocycles. The number of nitrogens with one attached hydrogen (secondary N) is 1. The summed E-state index contributed by atoms with van der Waals surface area (Å²) >= 11 is 1.93. The number of phenolic OH excluding ortho intramolecular Hbond substituents is 1. The molecule has 2 N–H and O–H groups in total. The summed E-state index contributed by atoms with van der Waals surface area (Å²) in [5, 5.41) is 12.6. The molecule has 1 aromatic carbocycles. The fraction of sp³-hybridized carbons (Fsp3) is 0.500. The van der Waals surface area contributed by atoms with Gasteiger partial charge in [-0.15, -0.1) is 0 Å². The largest absolute Gasteiger partial charge is 0.508 e. The van der Waals surface area contributed by atoms with Gasteiger partial charge in [0.2, 0.25) is 5.91 Å². The lowest BCUT2D eigenvalue weighted by Crippen LogP contribution is -2.37. The van der Waals surface area contributed by atoms with Crippen LogP contribution in [0.1, 0.15) is 25.3 Å². The molecule has 0 aliphatic carbocycles. The highest BCUT2D eigenvalue weighted by Crippen LogP contribution is 2.36. The van der Waals surface area contributed by atoms with Crippen LogP contribution in [0.4, 0.5) is 0 Å². The van der Waals surface area contributed by atoms with Gasteiger partial charge in [0.1, 0.15) is 5.75 Å². The summed E-state index contributed by atoms with van der Waals surface area (Å²) in [5.74, 6) is 1.35. The number of carbonyl (C=O) groups is 1. The van der Waals surface area contributed by atoms with E-state index in [1.165, 1.54) is 12.2 Å². The minimum atomic E-state index is -0.0229. The Kier molecular flexibility index (Phi) is 4.17. The molecule has 0 saturated carbocycles. The maximum Gasteiger partial charge on any atom is 0.224 e. The molecule has 3 nitrogen and oxygen atoms in total. The maximum atomic E-state index is 11.8. The second-order valence-corrected chi connectivity index (χ2v) is 6.67. The van der Waals surface area contributed by atoms with Crippen molar-refractivity contribution in [1.82, 2.24) is 5.32 Å². The number of aromatic hydroxyl groups is 1. The second-order valence-electron chi connectivity index (χ2n) is 4.98. The molecule has 2 rings (SSSR count). The Morgan fingerprint density at radius 2 is 2.28 bits per heavy atom. The van der Waals surface area contributed by atoms with Crippen molar-refractivity contribution in [2.45, 2.75) is 30.9 Å². The van der Waals surface area contributed by atoms with E-state index in [0.717, 1.165) is 6.42 Å². The van der Waals surface area contributed by atoms with Crippen molar-refractivity contribution in [3.63, 3.8) is 0 Å². The Hall–Kier alpha value is -1.16. The van der Waals surface area contributed by atoms with Crippen LogP contribution in [-0.4, -0.2) is 28.1 Å². The maximum absolute atomic E-state index is 11.8. The zero-order valence-electron chi connectivity index (χ0n) is 10.6. The molecule has 0 bridgehead atoms. The number of hydrogen-bond donors (Lipinski definition) is 2. The van der Waals surface area contributed by atoms with Gasteiger partial charge in [0, 0.05) is 16.9 Å². The first-order chi connectivity index (χ1) is 8.59. The fourth-order valence-corrected chi connectivity index (χ4v) is 3.40. The Bertz CT molecular complexity index is 428. The lowest BCUT2D eigenvalue weighted by molar-refractivity contribution is -0.120. The zero-order valence-corrected chi connectivity index (χ0v) is 11.4. The first kappa shape index (κ1) is 13.3. The molecule has 1 aliphatic heterocycles. The van der Waals surface area contributed by atoms with E-state index in [9.17, 15) is 9.90 Å². The predicted molar refractivity (Wildman–Crippen MR) is 74.9 cm³/mol. The summed E-state index contributed by atoms with van der Waals surface area (Å²) in [4.78, 5) is 11.8. The number of carbonyl (C=O) groups excluding carboxylic acids is 1. The molecular formula is C14H19NO2S. The normalized spacial score (nSPS) is 22.9. The van der Waals surface area contributed by atoms with Gasteiger partial charge in [0.15, 0.2) is 0 Å². The molecule has 0 spiro atoms. The van der Waals surface area contributed by atoms with Crippen LogP contribution in [0, 0.1) is 0 Å². The molecule has 1 fully saturated rings. The van der Waals surface area contributed by atoms with E-state index in [4.69, 9.17) is 0 Å². The van der Waals surface area contributed by atoms with Gasteiger partial charge in [0.25, 0.3) is 0 Å². The number of thioether (sulfide) groups is 1. The Morgan fingerprint density at radius 3 is 2.94 bits per heavy atom. The van der Waals surface area contributed by atoms with Gasteiger partial charge in [0.05, 0.1) is 6.42 Å². The van der Waals surface area contributed by atoms with Gasteiger partial charge in [-0.25, -0.2) is 0 Å². The third-order valence-corrected chi connectivity index (χ3v) is 4.84. The Labute approximate surface area is 112 Å². The molecule has 1 atom stereocenters.